The number of carboxylic acid groups (broad SMARTS) is 1. The van der Waals surface area contributed by atoms with Crippen LogP contribution in [0.4, 0.5) is 10.1 Å². The SMILES string of the molecule is Br.COc1cc2c(c(F)c1OC)C(=N)N(CC(=O)c1cc(NC(C)=O)c(OCCCC(=O)O)c(C(C)(C)C)c1)C2. The number of carbonyl (C=O) groups is 3. The molecule has 0 radical (unpaired) electrons. The Hall–Kier alpha value is -3.67. The molecule has 0 saturated carbocycles. The Kier molecular flexibility index (Phi) is 10.7. The molecular formula is C28H35BrFN3O7. The number of amidine groups is 1. The van der Waals surface area contributed by atoms with Crippen LogP contribution in [0.2, 0.25) is 0 Å². The maximum Gasteiger partial charge on any atom is 0.303 e. The number of halogens is 2. The second kappa shape index (κ2) is 13.1. The third kappa shape index (κ3) is 7.09. The lowest BCUT2D eigenvalue weighted by Gasteiger charge is -2.26. The van der Waals surface area contributed by atoms with Gasteiger partial charge in [-0.05, 0) is 35.6 Å². The van der Waals surface area contributed by atoms with E-state index in [4.69, 9.17) is 24.7 Å². The molecule has 0 unspecified atom stereocenters. The number of hydrogen-bond acceptors (Lipinski definition) is 7. The zero-order valence-electron chi connectivity index (χ0n) is 23.4. The molecule has 0 saturated heterocycles. The van der Waals surface area contributed by atoms with Crippen LogP contribution in [0.3, 0.4) is 0 Å². The highest BCUT2D eigenvalue weighted by molar-refractivity contribution is 8.93. The Balaban J connectivity index is 0.00000560. The Morgan fingerprint density at radius 2 is 1.80 bits per heavy atom. The highest BCUT2D eigenvalue weighted by atomic mass is 79.9. The van der Waals surface area contributed by atoms with Gasteiger partial charge in [0.1, 0.15) is 11.6 Å². The van der Waals surface area contributed by atoms with Gasteiger partial charge in [-0.2, -0.15) is 0 Å². The van der Waals surface area contributed by atoms with Gasteiger partial charge in [0.25, 0.3) is 0 Å². The van der Waals surface area contributed by atoms with Crippen molar-refractivity contribution in [3.05, 3.63) is 46.3 Å². The van der Waals surface area contributed by atoms with Gasteiger partial charge in [-0.25, -0.2) is 4.39 Å². The van der Waals surface area contributed by atoms with Crippen LogP contribution in [0.1, 0.15) is 67.6 Å². The topological polar surface area (TPSA) is 138 Å². The summed E-state index contributed by atoms with van der Waals surface area (Å²) in [6.45, 7) is 7.14. The van der Waals surface area contributed by atoms with Crippen LogP contribution in [-0.4, -0.2) is 60.9 Å². The molecule has 0 bridgehead atoms. The molecule has 0 aliphatic carbocycles. The number of carbonyl (C=O) groups excluding carboxylic acids is 2. The molecule has 3 N–H and O–H groups in total. The molecule has 0 atom stereocenters. The fourth-order valence-corrected chi connectivity index (χ4v) is 4.41. The molecule has 40 heavy (non-hydrogen) atoms. The van der Waals surface area contributed by atoms with Crippen LogP contribution in [0.5, 0.6) is 17.2 Å². The molecule has 10 nitrogen and oxygen atoms in total. The number of benzene rings is 2. The zero-order valence-corrected chi connectivity index (χ0v) is 25.1. The first-order valence-electron chi connectivity index (χ1n) is 12.4. The van der Waals surface area contributed by atoms with E-state index in [2.05, 4.69) is 5.32 Å². The van der Waals surface area contributed by atoms with E-state index < -0.39 is 17.2 Å². The maximum absolute atomic E-state index is 15.1. The molecule has 0 fully saturated rings. The Morgan fingerprint density at radius 3 is 2.35 bits per heavy atom. The number of rotatable bonds is 11. The van der Waals surface area contributed by atoms with Crippen molar-refractivity contribution >= 4 is 46.2 Å². The van der Waals surface area contributed by atoms with Crippen molar-refractivity contribution in [1.82, 2.24) is 4.90 Å². The summed E-state index contributed by atoms with van der Waals surface area (Å²) >= 11 is 0. The summed E-state index contributed by atoms with van der Waals surface area (Å²) in [5, 5.41) is 20.2. The van der Waals surface area contributed by atoms with Crippen LogP contribution in [0.25, 0.3) is 0 Å². The third-order valence-electron chi connectivity index (χ3n) is 6.25. The molecule has 1 amide bonds. The Bertz CT molecular complexity index is 1320. The predicted molar refractivity (Wildman–Crippen MR) is 153 cm³/mol. The summed E-state index contributed by atoms with van der Waals surface area (Å²) in [5.74, 6) is -2.07. The van der Waals surface area contributed by atoms with Crippen molar-refractivity contribution in [3.63, 3.8) is 0 Å². The number of hydrogen-bond donors (Lipinski definition) is 3. The normalized spacial score (nSPS) is 12.4. The van der Waals surface area contributed by atoms with Crippen LogP contribution in [0, 0.1) is 11.2 Å². The summed E-state index contributed by atoms with van der Waals surface area (Å²) < 4.78 is 31.4. The fraction of sp³-hybridized carbons (Fsp3) is 0.429. The first-order valence-corrected chi connectivity index (χ1v) is 12.4. The molecule has 0 spiro atoms. The van der Waals surface area contributed by atoms with Gasteiger partial charge in [0, 0.05) is 31.0 Å². The molecule has 1 aliphatic rings. The van der Waals surface area contributed by atoms with Gasteiger partial charge in [0.2, 0.25) is 5.91 Å². The van der Waals surface area contributed by atoms with E-state index in [1.165, 1.54) is 32.1 Å². The first-order chi connectivity index (χ1) is 18.3. The summed E-state index contributed by atoms with van der Waals surface area (Å²) in [7, 11) is 2.70. The van der Waals surface area contributed by atoms with Crippen molar-refractivity contribution in [1.29, 1.82) is 5.41 Å². The lowest BCUT2D eigenvalue weighted by atomic mass is 9.84. The number of nitrogens with zero attached hydrogens (tertiary/aromatic N) is 1. The number of ether oxygens (including phenoxy) is 3. The summed E-state index contributed by atoms with van der Waals surface area (Å²) in [4.78, 5) is 37.8. The van der Waals surface area contributed by atoms with E-state index in [-0.39, 0.29) is 95.4 Å². The standard InChI is InChI=1S/C28H34FN3O7.BrH/c1-15(33)31-19-11-16(10-18(28(2,3)4)25(19)39-9-7-8-22(35)36)20(34)14-32-13-17-12-21(37-5)26(38-6)24(29)23(17)27(32)30;/h10-12,30H,7-9,13-14H2,1-6H3,(H,31,33)(H,35,36);1H. The van der Waals surface area contributed by atoms with Gasteiger partial charge in [0.05, 0.1) is 38.6 Å². The number of aliphatic carboxylic acids is 1. The van der Waals surface area contributed by atoms with Crippen LogP contribution >= 0.6 is 17.0 Å². The van der Waals surface area contributed by atoms with Gasteiger partial charge in [-0.3, -0.25) is 19.8 Å². The third-order valence-corrected chi connectivity index (χ3v) is 6.25. The molecule has 218 valence electrons. The highest BCUT2D eigenvalue weighted by Crippen LogP contribution is 2.40. The van der Waals surface area contributed by atoms with Crippen molar-refractivity contribution in [3.8, 4) is 17.2 Å². The lowest BCUT2D eigenvalue weighted by molar-refractivity contribution is -0.137. The quantitative estimate of drug-likeness (QED) is 0.236. The largest absolute Gasteiger partial charge is 0.493 e. The molecule has 0 aromatic heterocycles. The van der Waals surface area contributed by atoms with Gasteiger partial charge >= 0.3 is 5.97 Å². The van der Waals surface area contributed by atoms with E-state index in [1.807, 2.05) is 20.8 Å². The Morgan fingerprint density at radius 1 is 1.12 bits per heavy atom. The van der Waals surface area contributed by atoms with Crippen LogP contribution < -0.4 is 19.5 Å². The van der Waals surface area contributed by atoms with Gasteiger partial charge in [0.15, 0.2) is 23.1 Å². The smallest absolute Gasteiger partial charge is 0.303 e. The number of amides is 1. The number of nitrogens with one attached hydrogen (secondary N) is 2. The van der Waals surface area contributed by atoms with Crippen molar-refractivity contribution in [2.75, 3.05) is 32.7 Å². The second-order valence-corrected chi connectivity index (χ2v) is 10.3. The molecule has 1 heterocycles. The molecule has 1 aliphatic heterocycles. The minimum atomic E-state index is -0.941. The molecule has 3 rings (SSSR count). The van der Waals surface area contributed by atoms with Crippen molar-refractivity contribution < 1.29 is 38.1 Å². The Labute approximate surface area is 243 Å². The summed E-state index contributed by atoms with van der Waals surface area (Å²) in [5.41, 5.74) is 1.27. The average Bonchev–Trinajstić information content (AvgIpc) is 3.15. The van der Waals surface area contributed by atoms with E-state index in [9.17, 15) is 14.4 Å². The molecule has 2 aromatic carbocycles. The second-order valence-electron chi connectivity index (χ2n) is 10.3. The van der Waals surface area contributed by atoms with Gasteiger partial charge in [-0.15, -0.1) is 17.0 Å². The highest BCUT2D eigenvalue weighted by Gasteiger charge is 2.33. The summed E-state index contributed by atoms with van der Waals surface area (Å²) in [6.07, 6.45) is 0.197. The lowest BCUT2D eigenvalue weighted by Crippen LogP contribution is -2.31. The number of fused-ring (bicyclic) bond motifs is 1. The minimum absolute atomic E-state index is 0. The van der Waals surface area contributed by atoms with E-state index >= 15 is 4.39 Å². The predicted octanol–water partition coefficient (Wildman–Crippen LogP) is 4.94. The maximum atomic E-state index is 15.1. The monoisotopic (exact) mass is 623 g/mol. The molecular weight excluding hydrogens is 589 g/mol. The van der Waals surface area contributed by atoms with Crippen LogP contribution in [0.15, 0.2) is 18.2 Å². The van der Waals surface area contributed by atoms with E-state index in [1.54, 1.807) is 12.1 Å². The first kappa shape index (κ1) is 32.5. The average molecular weight is 625 g/mol. The molecule has 2 aromatic rings. The number of anilines is 1. The summed E-state index contributed by atoms with van der Waals surface area (Å²) in [6, 6.07) is 4.78. The molecule has 12 heteroatoms. The number of methoxy groups -OCH3 is 2. The number of ketones is 1. The van der Waals surface area contributed by atoms with E-state index in [0.717, 1.165) is 0 Å². The minimum Gasteiger partial charge on any atom is -0.493 e. The van der Waals surface area contributed by atoms with Gasteiger partial charge < -0.3 is 29.5 Å². The number of Topliss-reactive ketones (excluding diaryl/α,β-unsaturated/α-hetero) is 1. The van der Waals surface area contributed by atoms with Gasteiger partial charge in [-0.1, -0.05) is 20.8 Å². The van der Waals surface area contributed by atoms with Crippen LogP contribution in [-0.2, 0) is 21.5 Å². The van der Waals surface area contributed by atoms with Crippen molar-refractivity contribution in [2.24, 2.45) is 0 Å². The van der Waals surface area contributed by atoms with Crippen molar-refractivity contribution in [2.45, 2.75) is 52.5 Å². The zero-order chi connectivity index (χ0) is 29.1. The van der Waals surface area contributed by atoms with E-state index in [0.29, 0.717) is 16.9 Å². The number of carboxylic acids is 1. The fourth-order valence-electron chi connectivity index (χ4n) is 4.41.